The highest BCUT2D eigenvalue weighted by Crippen LogP contribution is 2.24. The van der Waals surface area contributed by atoms with Crippen LogP contribution in [0.5, 0.6) is 0 Å². The second kappa shape index (κ2) is 6.24. The van der Waals surface area contributed by atoms with Gasteiger partial charge in [-0.3, -0.25) is 4.72 Å². The lowest BCUT2D eigenvalue weighted by atomic mass is 10.2. The molecule has 1 fully saturated rings. The number of nitrogens with zero attached hydrogens (tertiary/aromatic N) is 1. The van der Waals surface area contributed by atoms with Gasteiger partial charge in [0.1, 0.15) is 0 Å². The third-order valence-corrected chi connectivity index (χ3v) is 5.75. The van der Waals surface area contributed by atoms with Gasteiger partial charge in [0.05, 0.1) is 4.90 Å². The first-order chi connectivity index (χ1) is 11.0. The summed E-state index contributed by atoms with van der Waals surface area (Å²) in [7, 11) is -3.56. The third kappa shape index (κ3) is 3.50. The second-order valence-corrected chi connectivity index (χ2v) is 7.77. The summed E-state index contributed by atoms with van der Waals surface area (Å²) >= 11 is 0. The third-order valence-electron chi connectivity index (χ3n) is 4.21. The topological polar surface area (TPSA) is 49.4 Å². The van der Waals surface area contributed by atoms with E-state index in [-0.39, 0.29) is 0 Å². The van der Waals surface area contributed by atoms with E-state index in [1.165, 1.54) is 12.8 Å². The molecule has 0 radical (unpaired) electrons. The van der Waals surface area contributed by atoms with Gasteiger partial charge in [-0.1, -0.05) is 17.7 Å². The molecule has 0 atom stereocenters. The van der Waals surface area contributed by atoms with Crippen molar-refractivity contribution in [3.63, 3.8) is 0 Å². The van der Waals surface area contributed by atoms with Gasteiger partial charge in [-0.25, -0.2) is 8.42 Å². The molecule has 4 nitrogen and oxygen atoms in total. The molecule has 0 saturated carbocycles. The molecule has 0 amide bonds. The average molecular weight is 330 g/mol. The molecule has 3 rings (SSSR count). The Labute approximate surface area is 138 Å². The Balaban J connectivity index is 1.80. The Morgan fingerprint density at radius 3 is 2.22 bits per heavy atom. The lowest BCUT2D eigenvalue weighted by molar-refractivity contribution is 0.600. The van der Waals surface area contributed by atoms with Crippen LogP contribution in [-0.2, 0) is 10.0 Å². The highest BCUT2D eigenvalue weighted by molar-refractivity contribution is 7.92. The molecule has 0 unspecified atom stereocenters. The van der Waals surface area contributed by atoms with Crippen LogP contribution in [0.1, 0.15) is 24.0 Å². The summed E-state index contributed by atoms with van der Waals surface area (Å²) in [6.45, 7) is 5.92. The van der Waals surface area contributed by atoms with Gasteiger partial charge in [0.2, 0.25) is 0 Å². The minimum atomic E-state index is -3.56. The zero-order valence-corrected chi connectivity index (χ0v) is 14.4. The maximum absolute atomic E-state index is 12.6. The standard InChI is InChI=1S/C18H22N2O2S/c1-14-5-10-18(15(2)13-14)23(21,22)19-16-6-8-17(9-7-16)20-11-3-4-12-20/h5-10,13,19H,3-4,11-12H2,1-2H3. The summed E-state index contributed by atoms with van der Waals surface area (Å²) in [6, 6.07) is 13.0. The van der Waals surface area contributed by atoms with Crippen molar-refractivity contribution >= 4 is 21.4 Å². The fourth-order valence-corrected chi connectivity index (χ4v) is 4.31. The van der Waals surface area contributed by atoms with Crippen LogP contribution < -0.4 is 9.62 Å². The van der Waals surface area contributed by atoms with Crippen LogP contribution in [0.4, 0.5) is 11.4 Å². The SMILES string of the molecule is Cc1ccc(S(=O)(=O)Nc2ccc(N3CCCC3)cc2)c(C)c1. The number of hydrogen-bond donors (Lipinski definition) is 1. The summed E-state index contributed by atoms with van der Waals surface area (Å²) < 4.78 is 27.8. The quantitative estimate of drug-likeness (QED) is 0.930. The highest BCUT2D eigenvalue weighted by Gasteiger charge is 2.17. The van der Waals surface area contributed by atoms with Crippen LogP contribution in [0.15, 0.2) is 47.4 Å². The lowest BCUT2D eigenvalue weighted by Gasteiger charge is -2.18. The smallest absolute Gasteiger partial charge is 0.262 e. The first-order valence-electron chi connectivity index (χ1n) is 7.91. The number of nitrogens with one attached hydrogen (secondary N) is 1. The largest absolute Gasteiger partial charge is 0.372 e. The van der Waals surface area contributed by atoms with Gasteiger partial charge in [0.25, 0.3) is 10.0 Å². The van der Waals surface area contributed by atoms with Crippen molar-refractivity contribution in [1.82, 2.24) is 0 Å². The van der Waals surface area contributed by atoms with Crippen molar-refractivity contribution in [2.45, 2.75) is 31.6 Å². The molecule has 5 heteroatoms. The molecule has 2 aromatic carbocycles. The molecule has 0 spiro atoms. The molecule has 2 aromatic rings. The number of benzene rings is 2. The number of anilines is 2. The fraction of sp³-hybridized carbons (Fsp3) is 0.333. The summed E-state index contributed by atoms with van der Waals surface area (Å²) in [5, 5.41) is 0. The molecular weight excluding hydrogens is 308 g/mol. The maximum atomic E-state index is 12.6. The van der Waals surface area contributed by atoms with Crippen LogP contribution in [0, 0.1) is 13.8 Å². The molecule has 23 heavy (non-hydrogen) atoms. The van der Waals surface area contributed by atoms with E-state index >= 15 is 0 Å². The second-order valence-electron chi connectivity index (χ2n) is 6.12. The molecule has 1 heterocycles. The minimum absolute atomic E-state index is 0.326. The van der Waals surface area contributed by atoms with Gasteiger partial charge in [-0.15, -0.1) is 0 Å². The summed E-state index contributed by atoms with van der Waals surface area (Å²) in [6.07, 6.45) is 2.45. The lowest BCUT2D eigenvalue weighted by Crippen LogP contribution is -2.18. The summed E-state index contributed by atoms with van der Waals surface area (Å²) in [5.41, 5.74) is 3.55. The van der Waals surface area contributed by atoms with Gasteiger partial charge < -0.3 is 4.90 Å². The van der Waals surface area contributed by atoms with Crippen LogP contribution in [0.3, 0.4) is 0 Å². The number of sulfonamides is 1. The Bertz CT molecular complexity index is 792. The van der Waals surface area contributed by atoms with Crippen molar-refractivity contribution in [3.05, 3.63) is 53.6 Å². The average Bonchev–Trinajstić information content (AvgIpc) is 3.01. The van der Waals surface area contributed by atoms with Gasteiger partial charge in [-0.05, 0) is 62.6 Å². The first kappa shape index (κ1) is 15.9. The molecular formula is C18H22N2O2S. The highest BCUT2D eigenvalue weighted by atomic mass is 32.2. The molecule has 0 aromatic heterocycles. The van der Waals surface area contributed by atoms with Crippen molar-refractivity contribution in [2.75, 3.05) is 22.7 Å². The molecule has 1 aliphatic heterocycles. The van der Waals surface area contributed by atoms with E-state index in [0.29, 0.717) is 10.6 Å². The van der Waals surface area contributed by atoms with E-state index in [1.807, 2.05) is 50.2 Å². The van der Waals surface area contributed by atoms with E-state index < -0.39 is 10.0 Å². The molecule has 1 saturated heterocycles. The predicted octanol–water partition coefficient (Wildman–Crippen LogP) is 3.70. The Morgan fingerprint density at radius 1 is 0.957 bits per heavy atom. The Kier molecular flexibility index (Phi) is 4.31. The van der Waals surface area contributed by atoms with Crippen molar-refractivity contribution in [3.8, 4) is 0 Å². The zero-order chi connectivity index (χ0) is 16.4. The van der Waals surface area contributed by atoms with Gasteiger partial charge in [0, 0.05) is 24.5 Å². The molecule has 1 aliphatic rings. The first-order valence-corrected chi connectivity index (χ1v) is 9.39. The van der Waals surface area contributed by atoms with E-state index in [4.69, 9.17) is 0 Å². The maximum Gasteiger partial charge on any atom is 0.262 e. The van der Waals surface area contributed by atoms with Crippen LogP contribution in [-0.4, -0.2) is 21.5 Å². The van der Waals surface area contributed by atoms with Crippen molar-refractivity contribution < 1.29 is 8.42 Å². The van der Waals surface area contributed by atoms with Crippen molar-refractivity contribution in [2.24, 2.45) is 0 Å². The van der Waals surface area contributed by atoms with Gasteiger partial charge >= 0.3 is 0 Å². The normalized spacial score (nSPS) is 15.0. The number of rotatable bonds is 4. The van der Waals surface area contributed by atoms with Crippen LogP contribution in [0.25, 0.3) is 0 Å². The Morgan fingerprint density at radius 2 is 1.61 bits per heavy atom. The zero-order valence-electron chi connectivity index (χ0n) is 13.5. The van der Waals surface area contributed by atoms with Crippen LogP contribution in [0.2, 0.25) is 0 Å². The van der Waals surface area contributed by atoms with Crippen molar-refractivity contribution in [1.29, 1.82) is 0 Å². The summed E-state index contributed by atoms with van der Waals surface area (Å²) in [5.74, 6) is 0. The molecule has 122 valence electrons. The summed E-state index contributed by atoms with van der Waals surface area (Å²) in [4.78, 5) is 2.65. The van der Waals surface area contributed by atoms with Gasteiger partial charge in [-0.2, -0.15) is 0 Å². The van der Waals surface area contributed by atoms with E-state index in [2.05, 4.69) is 9.62 Å². The molecule has 0 aliphatic carbocycles. The Hall–Kier alpha value is -2.01. The molecule has 1 N–H and O–H groups in total. The van der Waals surface area contributed by atoms with E-state index in [1.54, 1.807) is 6.07 Å². The minimum Gasteiger partial charge on any atom is -0.372 e. The molecule has 0 bridgehead atoms. The number of aryl methyl sites for hydroxylation is 2. The number of hydrogen-bond acceptors (Lipinski definition) is 3. The fourth-order valence-electron chi connectivity index (χ4n) is 3.03. The predicted molar refractivity (Wildman–Crippen MR) is 94.6 cm³/mol. The monoisotopic (exact) mass is 330 g/mol. The van der Waals surface area contributed by atoms with E-state index in [0.717, 1.165) is 29.9 Å². The van der Waals surface area contributed by atoms with E-state index in [9.17, 15) is 8.42 Å². The van der Waals surface area contributed by atoms with Gasteiger partial charge in [0.15, 0.2) is 0 Å². The van der Waals surface area contributed by atoms with Crippen LogP contribution >= 0.6 is 0 Å².